The van der Waals surface area contributed by atoms with E-state index in [1.54, 1.807) is 24.3 Å². The van der Waals surface area contributed by atoms with Crippen LogP contribution in [0.15, 0.2) is 24.3 Å². The van der Waals surface area contributed by atoms with Gasteiger partial charge in [0.1, 0.15) is 0 Å². The lowest BCUT2D eigenvalue weighted by Gasteiger charge is -2.10. The molecule has 0 radical (unpaired) electrons. The van der Waals surface area contributed by atoms with Crippen molar-refractivity contribution < 1.29 is 4.79 Å². The van der Waals surface area contributed by atoms with Crippen molar-refractivity contribution >= 4 is 23.2 Å². The highest BCUT2D eigenvalue weighted by atomic mass is 35.5. The van der Waals surface area contributed by atoms with Crippen molar-refractivity contribution in [2.24, 2.45) is 5.73 Å². The van der Waals surface area contributed by atoms with E-state index in [2.05, 4.69) is 5.32 Å². The standard InChI is InChI=1S/C10H13ClN2O/c1-2-8(12)10(14)13-9-6-4-3-5-7(9)11/h3-6,8H,2,12H2,1H3,(H,13,14)/t8-/m1/s1. The lowest BCUT2D eigenvalue weighted by molar-refractivity contribution is -0.117. The predicted octanol–water partition coefficient (Wildman–Crippen LogP) is 2.02. The molecule has 1 aromatic rings. The maximum atomic E-state index is 11.4. The van der Waals surface area contributed by atoms with Crippen molar-refractivity contribution in [3.8, 4) is 0 Å². The Bertz CT molecular complexity index is 328. The summed E-state index contributed by atoms with van der Waals surface area (Å²) < 4.78 is 0. The quantitative estimate of drug-likeness (QED) is 0.806. The van der Waals surface area contributed by atoms with Gasteiger partial charge in [-0.3, -0.25) is 4.79 Å². The molecule has 76 valence electrons. The van der Waals surface area contributed by atoms with Crippen molar-refractivity contribution in [1.29, 1.82) is 0 Å². The SMILES string of the molecule is CC[C@@H](N)C(=O)Nc1ccccc1Cl. The van der Waals surface area contributed by atoms with E-state index >= 15 is 0 Å². The van der Waals surface area contributed by atoms with Crippen LogP contribution in [0.2, 0.25) is 5.02 Å². The van der Waals surface area contributed by atoms with E-state index < -0.39 is 6.04 Å². The number of hydrogen-bond acceptors (Lipinski definition) is 2. The zero-order chi connectivity index (χ0) is 10.6. The summed E-state index contributed by atoms with van der Waals surface area (Å²) in [6.45, 7) is 1.86. The average Bonchev–Trinajstić information content (AvgIpc) is 2.20. The number of benzene rings is 1. The highest BCUT2D eigenvalue weighted by molar-refractivity contribution is 6.33. The van der Waals surface area contributed by atoms with Crippen molar-refractivity contribution in [2.75, 3.05) is 5.32 Å². The third kappa shape index (κ3) is 2.72. The third-order valence-electron chi connectivity index (χ3n) is 1.91. The van der Waals surface area contributed by atoms with Gasteiger partial charge in [0.25, 0.3) is 0 Å². The molecular weight excluding hydrogens is 200 g/mol. The van der Waals surface area contributed by atoms with Crippen LogP contribution in [0.3, 0.4) is 0 Å². The van der Waals surface area contributed by atoms with Gasteiger partial charge in [-0.2, -0.15) is 0 Å². The second kappa shape index (κ2) is 4.98. The van der Waals surface area contributed by atoms with E-state index in [0.29, 0.717) is 17.1 Å². The number of amides is 1. The Labute approximate surface area is 88.2 Å². The zero-order valence-electron chi connectivity index (χ0n) is 7.96. The fraction of sp³-hybridized carbons (Fsp3) is 0.300. The molecule has 0 saturated carbocycles. The lowest BCUT2D eigenvalue weighted by Crippen LogP contribution is -2.34. The van der Waals surface area contributed by atoms with Gasteiger partial charge in [-0.05, 0) is 18.6 Å². The number of nitrogens with two attached hydrogens (primary N) is 1. The Morgan fingerprint density at radius 3 is 2.79 bits per heavy atom. The summed E-state index contributed by atoms with van der Waals surface area (Å²) in [5, 5.41) is 3.18. The van der Waals surface area contributed by atoms with E-state index in [-0.39, 0.29) is 5.91 Å². The van der Waals surface area contributed by atoms with Gasteiger partial charge in [-0.25, -0.2) is 0 Å². The average molecular weight is 213 g/mol. The molecule has 1 aromatic carbocycles. The van der Waals surface area contributed by atoms with E-state index in [4.69, 9.17) is 17.3 Å². The van der Waals surface area contributed by atoms with Gasteiger partial charge in [-0.15, -0.1) is 0 Å². The molecule has 0 spiro atoms. The minimum atomic E-state index is -0.480. The lowest BCUT2D eigenvalue weighted by atomic mass is 10.2. The topological polar surface area (TPSA) is 55.1 Å². The molecule has 14 heavy (non-hydrogen) atoms. The molecule has 0 aliphatic rings. The van der Waals surface area contributed by atoms with Gasteiger partial charge < -0.3 is 11.1 Å². The first-order valence-electron chi connectivity index (χ1n) is 4.46. The number of carbonyl (C=O) groups is 1. The number of hydrogen-bond donors (Lipinski definition) is 2. The first-order chi connectivity index (χ1) is 6.65. The Kier molecular flexibility index (Phi) is 3.92. The Hall–Kier alpha value is -1.06. The van der Waals surface area contributed by atoms with Crippen LogP contribution in [-0.2, 0) is 4.79 Å². The van der Waals surface area contributed by atoms with Crippen molar-refractivity contribution in [3.63, 3.8) is 0 Å². The number of carbonyl (C=O) groups excluding carboxylic acids is 1. The molecule has 0 saturated heterocycles. The molecule has 1 rings (SSSR count). The monoisotopic (exact) mass is 212 g/mol. The normalized spacial score (nSPS) is 12.2. The van der Waals surface area contributed by atoms with Crippen LogP contribution in [-0.4, -0.2) is 11.9 Å². The summed E-state index contributed by atoms with van der Waals surface area (Å²) in [5.74, 6) is -0.208. The zero-order valence-corrected chi connectivity index (χ0v) is 8.71. The molecule has 0 aromatic heterocycles. The number of nitrogens with one attached hydrogen (secondary N) is 1. The number of anilines is 1. The van der Waals surface area contributed by atoms with Crippen LogP contribution in [0.25, 0.3) is 0 Å². The van der Waals surface area contributed by atoms with E-state index in [1.807, 2.05) is 6.92 Å². The van der Waals surface area contributed by atoms with Gasteiger partial charge in [0, 0.05) is 0 Å². The van der Waals surface area contributed by atoms with Crippen molar-refractivity contribution in [1.82, 2.24) is 0 Å². The third-order valence-corrected chi connectivity index (χ3v) is 2.24. The fourth-order valence-corrected chi connectivity index (χ4v) is 1.16. The summed E-state index contributed by atoms with van der Waals surface area (Å²) in [6.07, 6.45) is 0.607. The highest BCUT2D eigenvalue weighted by Crippen LogP contribution is 2.20. The predicted molar refractivity (Wildman–Crippen MR) is 58.3 cm³/mol. The summed E-state index contributed by atoms with van der Waals surface area (Å²) >= 11 is 5.86. The van der Waals surface area contributed by atoms with E-state index in [1.165, 1.54) is 0 Å². The smallest absolute Gasteiger partial charge is 0.241 e. The second-order valence-corrected chi connectivity index (χ2v) is 3.39. The van der Waals surface area contributed by atoms with Crippen LogP contribution >= 0.6 is 11.6 Å². The molecule has 0 aliphatic carbocycles. The molecule has 0 heterocycles. The van der Waals surface area contributed by atoms with Crippen LogP contribution in [0, 0.1) is 0 Å². The molecule has 0 aliphatic heterocycles. The number of rotatable bonds is 3. The molecule has 4 heteroatoms. The van der Waals surface area contributed by atoms with E-state index in [9.17, 15) is 4.79 Å². The Morgan fingerprint density at radius 1 is 1.57 bits per heavy atom. The maximum Gasteiger partial charge on any atom is 0.241 e. The number of halogens is 1. The minimum Gasteiger partial charge on any atom is -0.323 e. The molecule has 0 unspecified atom stereocenters. The Balaban J connectivity index is 2.70. The van der Waals surface area contributed by atoms with Crippen molar-refractivity contribution in [2.45, 2.75) is 19.4 Å². The molecule has 1 atom stereocenters. The minimum absolute atomic E-state index is 0.208. The van der Waals surface area contributed by atoms with Gasteiger partial charge in [0.2, 0.25) is 5.91 Å². The Morgan fingerprint density at radius 2 is 2.21 bits per heavy atom. The summed E-state index contributed by atoms with van der Waals surface area (Å²) in [4.78, 5) is 11.4. The van der Waals surface area contributed by atoms with Crippen molar-refractivity contribution in [3.05, 3.63) is 29.3 Å². The van der Waals surface area contributed by atoms with Gasteiger partial charge in [0.05, 0.1) is 16.8 Å². The molecule has 3 N–H and O–H groups in total. The summed E-state index contributed by atoms with van der Waals surface area (Å²) in [5.41, 5.74) is 6.16. The largest absolute Gasteiger partial charge is 0.323 e. The summed E-state index contributed by atoms with van der Waals surface area (Å²) in [7, 11) is 0. The highest BCUT2D eigenvalue weighted by Gasteiger charge is 2.11. The summed E-state index contributed by atoms with van der Waals surface area (Å²) in [6, 6.07) is 6.58. The maximum absolute atomic E-state index is 11.4. The van der Waals surface area contributed by atoms with Crippen LogP contribution in [0.4, 0.5) is 5.69 Å². The number of para-hydroxylation sites is 1. The second-order valence-electron chi connectivity index (χ2n) is 2.98. The first-order valence-corrected chi connectivity index (χ1v) is 4.84. The van der Waals surface area contributed by atoms with Gasteiger partial charge in [0.15, 0.2) is 0 Å². The van der Waals surface area contributed by atoms with E-state index in [0.717, 1.165) is 0 Å². The van der Waals surface area contributed by atoms with Crippen LogP contribution < -0.4 is 11.1 Å². The molecular formula is C10H13ClN2O. The van der Waals surface area contributed by atoms with Gasteiger partial charge >= 0.3 is 0 Å². The first kappa shape index (κ1) is 11.0. The molecule has 1 amide bonds. The van der Waals surface area contributed by atoms with Crippen LogP contribution in [0.5, 0.6) is 0 Å². The molecule has 3 nitrogen and oxygen atoms in total. The fourth-order valence-electron chi connectivity index (χ4n) is 0.973. The molecule has 0 fully saturated rings. The molecule has 0 bridgehead atoms. The van der Waals surface area contributed by atoms with Gasteiger partial charge in [-0.1, -0.05) is 30.7 Å². The van der Waals surface area contributed by atoms with Crippen LogP contribution in [0.1, 0.15) is 13.3 Å².